The number of aliphatic carboxylic acids is 1. The minimum absolute atomic E-state index is 0.000587. The molecule has 0 aliphatic heterocycles. The van der Waals surface area contributed by atoms with Gasteiger partial charge in [-0.15, -0.1) is 0 Å². The number of hydrogen-bond donors (Lipinski definition) is 1. The number of aromatic carboxylic acids is 1. The number of fused-ring (bicyclic) bond motifs is 3. The molecular formula is C29H21NO5. The summed E-state index contributed by atoms with van der Waals surface area (Å²) in [6, 6.07) is 23.1. The molecule has 0 radical (unpaired) electrons. The first kappa shape index (κ1) is 22.2. The number of hydrogen-bond acceptors (Lipinski definition) is 4. The van der Waals surface area contributed by atoms with E-state index in [0.29, 0.717) is 38.3 Å². The van der Waals surface area contributed by atoms with Gasteiger partial charge in [0.25, 0.3) is 6.04 Å². The van der Waals surface area contributed by atoms with Gasteiger partial charge in [-0.25, -0.2) is 4.79 Å². The number of benzene rings is 4. The Morgan fingerprint density at radius 1 is 0.800 bits per heavy atom. The van der Waals surface area contributed by atoms with E-state index in [-0.39, 0.29) is 17.8 Å². The van der Waals surface area contributed by atoms with Crippen LogP contribution in [0.25, 0.3) is 32.6 Å². The average molecular weight is 463 g/mol. The van der Waals surface area contributed by atoms with Crippen molar-refractivity contribution in [2.24, 2.45) is 0 Å². The van der Waals surface area contributed by atoms with Crippen molar-refractivity contribution in [1.82, 2.24) is 0 Å². The maximum atomic E-state index is 13.1. The van der Waals surface area contributed by atoms with Crippen molar-refractivity contribution in [3.8, 4) is 0 Å². The summed E-state index contributed by atoms with van der Waals surface area (Å²) in [7, 11) is 0. The molecule has 0 bridgehead atoms. The Balaban J connectivity index is 2.01. The number of nitrogens with zero attached hydrogens (tertiary/aromatic N) is 1. The maximum Gasteiger partial charge on any atom is 0.378 e. The van der Waals surface area contributed by atoms with Crippen molar-refractivity contribution >= 4 is 50.3 Å². The molecule has 5 rings (SSSR count). The second kappa shape index (κ2) is 8.65. The fraction of sp³-hybridized carbons (Fsp3) is 0.103. The fourth-order valence-electron chi connectivity index (χ4n) is 4.95. The van der Waals surface area contributed by atoms with Gasteiger partial charge in [-0.1, -0.05) is 67.6 Å². The predicted octanol–water partition coefficient (Wildman–Crippen LogP) is 4.06. The summed E-state index contributed by atoms with van der Waals surface area (Å²) < 4.78 is 1.62. The van der Waals surface area contributed by atoms with Crippen LogP contribution in [-0.4, -0.2) is 22.8 Å². The monoisotopic (exact) mass is 463 g/mol. The van der Waals surface area contributed by atoms with Crippen LogP contribution in [-0.2, 0) is 4.79 Å². The van der Waals surface area contributed by atoms with Crippen LogP contribution in [0, 0.1) is 0 Å². The summed E-state index contributed by atoms with van der Waals surface area (Å²) in [5.41, 5.74) is 1.55. The second-order valence-electron chi connectivity index (χ2n) is 8.33. The largest absolute Gasteiger partial charge is 0.545 e. The summed E-state index contributed by atoms with van der Waals surface area (Å²) in [6.45, 7) is 1.74. The van der Waals surface area contributed by atoms with Crippen LogP contribution in [0.15, 0.2) is 84.9 Å². The van der Waals surface area contributed by atoms with Crippen molar-refractivity contribution in [3.63, 3.8) is 0 Å². The van der Waals surface area contributed by atoms with Gasteiger partial charge in [0.1, 0.15) is 0 Å². The number of Topliss-reactive ketones (excluding diaryl/α,β-unsaturated/α-hetero) is 1. The number of carboxylic acid groups (broad SMARTS) is 2. The van der Waals surface area contributed by atoms with E-state index in [1.54, 1.807) is 66.1 Å². The van der Waals surface area contributed by atoms with Crippen molar-refractivity contribution in [2.75, 3.05) is 0 Å². The third-order valence-electron chi connectivity index (χ3n) is 6.43. The molecule has 172 valence electrons. The SMILES string of the molecule is CCC(=O)c1ccc2ccccc2c1C(C(=O)O)[n+]1c2ccccc2c(C(=O)[O-])c2ccccc21. The lowest BCUT2D eigenvalue weighted by Crippen LogP contribution is -2.47. The summed E-state index contributed by atoms with van der Waals surface area (Å²) in [5.74, 6) is -2.67. The lowest BCUT2D eigenvalue weighted by Gasteiger charge is -2.19. The molecule has 0 saturated carbocycles. The quantitative estimate of drug-likeness (QED) is 0.233. The topological polar surface area (TPSA) is 98.4 Å². The summed E-state index contributed by atoms with van der Waals surface area (Å²) in [5, 5.41) is 25.0. The zero-order chi connectivity index (χ0) is 24.7. The highest BCUT2D eigenvalue weighted by Gasteiger charge is 2.38. The van der Waals surface area contributed by atoms with Gasteiger partial charge in [0.2, 0.25) is 11.0 Å². The van der Waals surface area contributed by atoms with Gasteiger partial charge in [0.15, 0.2) is 5.78 Å². The first-order valence-electron chi connectivity index (χ1n) is 11.3. The molecule has 1 heterocycles. The molecular weight excluding hydrogens is 442 g/mol. The van der Waals surface area contributed by atoms with E-state index in [9.17, 15) is 24.6 Å². The van der Waals surface area contributed by atoms with Gasteiger partial charge < -0.3 is 15.0 Å². The summed E-state index contributed by atoms with van der Waals surface area (Å²) in [4.78, 5) is 38.3. The Labute approximate surface area is 200 Å². The van der Waals surface area contributed by atoms with Crippen LogP contribution >= 0.6 is 0 Å². The Kier molecular flexibility index (Phi) is 5.49. The van der Waals surface area contributed by atoms with E-state index in [2.05, 4.69) is 0 Å². The van der Waals surface area contributed by atoms with Gasteiger partial charge in [0.05, 0.1) is 22.3 Å². The molecule has 1 atom stereocenters. The molecule has 4 aromatic carbocycles. The molecule has 0 amide bonds. The predicted molar refractivity (Wildman–Crippen MR) is 130 cm³/mol. The zero-order valence-corrected chi connectivity index (χ0v) is 18.9. The maximum absolute atomic E-state index is 13.1. The highest BCUT2D eigenvalue weighted by Crippen LogP contribution is 2.33. The van der Waals surface area contributed by atoms with Crippen molar-refractivity contribution in [2.45, 2.75) is 19.4 Å². The zero-order valence-electron chi connectivity index (χ0n) is 18.9. The Morgan fingerprint density at radius 3 is 1.89 bits per heavy atom. The molecule has 1 unspecified atom stereocenters. The van der Waals surface area contributed by atoms with Crippen LogP contribution in [0.3, 0.4) is 0 Å². The minimum atomic E-state index is -1.34. The van der Waals surface area contributed by atoms with Gasteiger partial charge in [0, 0.05) is 29.7 Å². The molecule has 6 nitrogen and oxygen atoms in total. The van der Waals surface area contributed by atoms with Gasteiger partial charge in [-0.05, 0) is 22.9 Å². The van der Waals surface area contributed by atoms with E-state index < -0.39 is 18.0 Å². The van der Waals surface area contributed by atoms with Crippen molar-refractivity contribution in [3.05, 3.63) is 102 Å². The molecule has 0 aliphatic rings. The van der Waals surface area contributed by atoms with Crippen LogP contribution in [0.4, 0.5) is 0 Å². The highest BCUT2D eigenvalue weighted by atomic mass is 16.4. The normalized spacial score (nSPS) is 12.1. The van der Waals surface area contributed by atoms with E-state index >= 15 is 0 Å². The Morgan fingerprint density at radius 2 is 1.34 bits per heavy atom. The lowest BCUT2D eigenvalue weighted by atomic mass is 9.89. The Bertz CT molecular complexity index is 1610. The number of ketones is 1. The third-order valence-corrected chi connectivity index (χ3v) is 6.43. The fourth-order valence-corrected chi connectivity index (χ4v) is 4.95. The number of carboxylic acids is 2. The number of pyridine rings is 1. The standard InChI is InChI=1S/C29H21NO5/c1-2-24(31)21-16-15-17-9-3-4-10-18(17)25(21)27(29(34)35)30-22-13-7-5-11-19(22)26(28(32)33)20-12-6-8-14-23(20)30/h3-16,27H,2H2,1H3,(H-,32,33,34,35). The van der Waals surface area contributed by atoms with Crippen LogP contribution in [0.5, 0.6) is 0 Å². The number of aromatic nitrogens is 1. The lowest BCUT2D eigenvalue weighted by molar-refractivity contribution is -0.650. The second-order valence-corrected chi connectivity index (χ2v) is 8.33. The van der Waals surface area contributed by atoms with E-state index in [4.69, 9.17) is 0 Å². The van der Waals surface area contributed by atoms with Gasteiger partial charge in [-0.3, -0.25) is 4.79 Å². The first-order valence-corrected chi connectivity index (χ1v) is 11.3. The van der Waals surface area contributed by atoms with Gasteiger partial charge >= 0.3 is 5.97 Å². The third kappa shape index (κ3) is 3.51. The number of carbonyl (C=O) groups is 3. The van der Waals surface area contributed by atoms with Crippen LogP contribution in [0.1, 0.15) is 45.7 Å². The molecule has 0 fully saturated rings. The van der Waals surface area contributed by atoms with Crippen LogP contribution < -0.4 is 9.67 Å². The van der Waals surface area contributed by atoms with Crippen molar-refractivity contribution in [1.29, 1.82) is 0 Å². The molecule has 6 heteroatoms. The smallest absolute Gasteiger partial charge is 0.378 e. The van der Waals surface area contributed by atoms with E-state index in [1.165, 1.54) is 0 Å². The highest BCUT2D eigenvalue weighted by molar-refractivity contribution is 6.12. The van der Waals surface area contributed by atoms with Gasteiger partial charge in [-0.2, -0.15) is 4.57 Å². The van der Waals surface area contributed by atoms with E-state index in [1.807, 2.05) is 30.3 Å². The van der Waals surface area contributed by atoms with E-state index in [0.717, 1.165) is 5.39 Å². The molecule has 5 aromatic rings. The molecule has 1 aromatic heterocycles. The average Bonchev–Trinajstić information content (AvgIpc) is 2.87. The molecule has 1 N–H and O–H groups in total. The number of rotatable bonds is 6. The number of para-hydroxylation sites is 2. The molecule has 0 saturated heterocycles. The van der Waals surface area contributed by atoms with Crippen LogP contribution in [0.2, 0.25) is 0 Å². The number of carbonyl (C=O) groups excluding carboxylic acids is 2. The molecule has 0 aliphatic carbocycles. The first-order chi connectivity index (χ1) is 16.9. The Hall–Kier alpha value is -4.58. The summed E-state index contributed by atoms with van der Waals surface area (Å²) >= 11 is 0. The summed E-state index contributed by atoms with van der Waals surface area (Å²) in [6.07, 6.45) is 0.216. The minimum Gasteiger partial charge on any atom is -0.545 e. The molecule has 0 spiro atoms. The molecule has 35 heavy (non-hydrogen) atoms. The van der Waals surface area contributed by atoms with Crippen molar-refractivity contribution < 1.29 is 29.2 Å².